The Morgan fingerprint density at radius 2 is 2.23 bits per heavy atom. The molecule has 0 saturated carbocycles. The Bertz CT molecular complexity index is 1390. The number of carbonyl (C=O) groups is 1. The van der Waals surface area contributed by atoms with Gasteiger partial charge < -0.3 is 10.6 Å². The predicted octanol–water partition coefficient (Wildman–Crippen LogP) is 4.97. The number of nitrogens with zero attached hydrogens (tertiary/aromatic N) is 3. The maximum Gasteiger partial charge on any atom is 0.256 e. The highest BCUT2D eigenvalue weighted by Gasteiger charge is 2.32. The Labute approximate surface area is 183 Å². The Kier molecular flexibility index (Phi) is 4.57. The summed E-state index contributed by atoms with van der Waals surface area (Å²) in [5, 5.41) is 19.9. The van der Waals surface area contributed by atoms with Crippen LogP contribution in [0.2, 0.25) is 0 Å². The molecule has 3 N–H and O–H groups in total. The Morgan fingerprint density at radius 1 is 1.35 bits per heavy atom. The zero-order valence-electron chi connectivity index (χ0n) is 16.8. The molecule has 2 aromatic carbocycles. The molecule has 1 amide bonds. The van der Waals surface area contributed by atoms with Gasteiger partial charge in [0.1, 0.15) is 5.69 Å². The summed E-state index contributed by atoms with van der Waals surface area (Å²) in [6.45, 7) is 2.51. The normalized spacial score (nSPS) is 13.6. The smallest absolute Gasteiger partial charge is 0.256 e. The van der Waals surface area contributed by atoms with Crippen molar-refractivity contribution in [2.75, 3.05) is 12.3 Å². The predicted molar refractivity (Wildman–Crippen MR) is 123 cm³/mol. The number of carbonyl (C=O) groups excluding carboxylic acids is 1. The molecule has 152 valence electrons. The SMILES string of the molecule is C/C=C(\C#N)CN1Cc2c(-c3ccc4[nH]nc(-c5cccs5)c4c3)ccc(N)c2C1=O. The molecule has 0 fully saturated rings. The lowest BCUT2D eigenvalue weighted by atomic mass is 9.94. The van der Waals surface area contributed by atoms with E-state index in [0.717, 1.165) is 38.2 Å². The van der Waals surface area contributed by atoms with Crippen LogP contribution in [0.3, 0.4) is 0 Å². The van der Waals surface area contributed by atoms with Gasteiger partial charge in [0.2, 0.25) is 0 Å². The monoisotopic (exact) mass is 425 g/mol. The molecule has 0 bridgehead atoms. The number of nitrogen functional groups attached to an aromatic ring is 1. The maximum atomic E-state index is 13.0. The average Bonchev–Trinajstić information content (AvgIpc) is 3.51. The van der Waals surface area contributed by atoms with Crippen molar-refractivity contribution in [3.05, 3.63) is 70.6 Å². The molecule has 4 aromatic rings. The molecule has 6 nitrogen and oxygen atoms in total. The highest BCUT2D eigenvalue weighted by Crippen LogP contribution is 2.38. The quantitative estimate of drug-likeness (QED) is 0.356. The van der Waals surface area contributed by atoms with Crippen LogP contribution in [-0.4, -0.2) is 27.5 Å². The van der Waals surface area contributed by atoms with Crippen molar-refractivity contribution in [1.82, 2.24) is 15.1 Å². The van der Waals surface area contributed by atoms with Crippen LogP contribution in [0.5, 0.6) is 0 Å². The van der Waals surface area contributed by atoms with E-state index in [-0.39, 0.29) is 12.5 Å². The molecule has 1 aliphatic heterocycles. The van der Waals surface area contributed by atoms with E-state index in [1.54, 1.807) is 35.3 Å². The van der Waals surface area contributed by atoms with Gasteiger partial charge in [-0.15, -0.1) is 11.3 Å². The minimum atomic E-state index is -0.132. The van der Waals surface area contributed by atoms with Crippen LogP contribution >= 0.6 is 11.3 Å². The minimum Gasteiger partial charge on any atom is -0.398 e. The van der Waals surface area contributed by atoms with Crippen LogP contribution in [0, 0.1) is 11.3 Å². The van der Waals surface area contributed by atoms with Gasteiger partial charge in [-0.2, -0.15) is 10.4 Å². The third kappa shape index (κ3) is 3.09. The lowest BCUT2D eigenvalue weighted by Crippen LogP contribution is -2.26. The molecule has 31 heavy (non-hydrogen) atoms. The molecule has 0 radical (unpaired) electrons. The first-order chi connectivity index (χ1) is 15.1. The third-order valence-corrected chi connectivity index (χ3v) is 6.55. The fourth-order valence-corrected chi connectivity index (χ4v) is 4.81. The van der Waals surface area contributed by atoms with Crippen molar-refractivity contribution in [3.8, 4) is 27.8 Å². The number of anilines is 1. The summed E-state index contributed by atoms with van der Waals surface area (Å²) in [6, 6.07) is 16.1. The number of benzene rings is 2. The summed E-state index contributed by atoms with van der Waals surface area (Å²) >= 11 is 1.65. The fourth-order valence-electron chi connectivity index (χ4n) is 4.08. The molecule has 7 heteroatoms. The zero-order chi connectivity index (χ0) is 21.5. The Balaban J connectivity index is 1.61. The summed E-state index contributed by atoms with van der Waals surface area (Å²) in [5.74, 6) is -0.132. The highest BCUT2D eigenvalue weighted by molar-refractivity contribution is 7.13. The molecule has 5 rings (SSSR count). The first kappa shape index (κ1) is 19.1. The number of nitrogens with two attached hydrogens (primary N) is 1. The summed E-state index contributed by atoms with van der Waals surface area (Å²) < 4.78 is 0. The molecule has 0 saturated heterocycles. The number of allylic oxidation sites excluding steroid dienone is 1. The van der Waals surface area contributed by atoms with Crippen molar-refractivity contribution in [3.63, 3.8) is 0 Å². The van der Waals surface area contributed by atoms with Crippen LogP contribution in [-0.2, 0) is 6.54 Å². The molecule has 0 aliphatic carbocycles. The summed E-state index contributed by atoms with van der Waals surface area (Å²) in [4.78, 5) is 15.8. The molecule has 0 atom stereocenters. The van der Waals surface area contributed by atoms with Crippen LogP contribution in [0.4, 0.5) is 5.69 Å². The number of rotatable bonds is 4. The largest absolute Gasteiger partial charge is 0.398 e. The standard InChI is InChI=1S/C24H19N5OS/c1-2-14(11-25)12-29-13-18-16(6-7-19(26)22(18)24(29)30)15-5-8-20-17(10-15)23(28-27-20)21-4-3-9-31-21/h2-10H,12-13,26H2,1H3,(H,27,28)/b14-2+. The molecule has 0 spiro atoms. The number of nitriles is 1. The topological polar surface area (TPSA) is 98.8 Å². The van der Waals surface area contributed by atoms with Crippen LogP contribution in [0.15, 0.2) is 59.5 Å². The number of hydrogen-bond acceptors (Lipinski definition) is 5. The van der Waals surface area contributed by atoms with E-state index in [1.165, 1.54) is 0 Å². The highest BCUT2D eigenvalue weighted by atomic mass is 32.1. The lowest BCUT2D eigenvalue weighted by Gasteiger charge is -2.14. The van der Waals surface area contributed by atoms with Gasteiger partial charge in [0.05, 0.1) is 28.6 Å². The van der Waals surface area contributed by atoms with Crippen molar-refractivity contribution < 1.29 is 4.79 Å². The lowest BCUT2D eigenvalue weighted by molar-refractivity contribution is 0.0794. The number of nitrogens with one attached hydrogen (secondary N) is 1. The van der Waals surface area contributed by atoms with Gasteiger partial charge in [0, 0.05) is 23.2 Å². The zero-order valence-corrected chi connectivity index (χ0v) is 17.7. The first-order valence-electron chi connectivity index (χ1n) is 9.89. The van der Waals surface area contributed by atoms with E-state index in [0.29, 0.717) is 23.4 Å². The third-order valence-electron chi connectivity index (χ3n) is 5.68. The van der Waals surface area contributed by atoms with E-state index < -0.39 is 0 Å². The van der Waals surface area contributed by atoms with Crippen molar-refractivity contribution >= 4 is 33.8 Å². The Hall–Kier alpha value is -3.89. The second-order valence-electron chi connectivity index (χ2n) is 7.45. The molecule has 3 heterocycles. The number of aromatic nitrogens is 2. The average molecular weight is 426 g/mol. The summed E-state index contributed by atoms with van der Waals surface area (Å²) in [5.41, 5.74) is 12.5. The molecular formula is C24H19N5OS. The van der Waals surface area contributed by atoms with Crippen LogP contribution < -0.4 is 5.73 Å². The van der Waals surface area contributed by atoms with Crippen molar-refractivity contribution in [2.45, 2.75) is 13.5 Å². The summed E-state index contributed by atoms with van der Waals surface area (Å²) in [6.07, 6.45) is 1.74. The van der Waals surface area contributed by atoms with Gasteiger partial charge in [0.25, 0.3) is 5.91 Å². The van der Waals surface area contributed by atoms with Gasteiger partial charge in [0.15, 0.2) is 0 Å². The van der Waals surface area contributed by atoms with E-state index in [1.807, 2.05) is 29.6 Å². The second kappa shape index (κ2) is 7.42. The Morgan fingerprint density at radius 3 is 2.97 bits per heavy atom. The van der Waals surface area contributed by atoms with E-state index in [4.69, 9.17) is 5.73 Å². The van der Waals surface area contributed by atoms with Gasteiger partial charge in [-0.1, -0.05) is 24.3 Å². The van der Waals surface area contributed by atoms with E-state index in [2.05, 4.69) is 28.4 Å². The van der Waals surface area contributed by atoms with Gasteiger partial charge in [-0.3, -0.25) is 9.89 Å². The van der Waals surface area contributed by atoms with Gasteiger partial charge in [-0.25, -0.2) is 0 Å². The molecule has 0 unspecified atom stereocenters. The minimum absolute atomic E-state index is 0.132. The van der Waals surface area contributed by atoms with Crippen LogP contribution in [0.25, 0.3) is 32.6 Å². The summed E-state index contributed by atoms with van der Waals surface area (Å²) in [7, 11) is 0. The molecule has 1 aliphatic rings. The molecular weight excluding hydrogens is 406 g/mol. The maximum absolute atomic E-state index is 13.0. The van der Waals surface area contributed by atoms with E-state index in [9.17, 15) is 10.1 Å². The second-order valence-corrected chi connectivity index (χ2v) is 8.40. The van der Waals surface area contributed by atoms with Gasteiger partial charge >= 0.3 is 0 Å². The number of thiophene rings is 1. The van der Waals surface area contributed by atoms with Crippen molar-refractivity contribution in [2.24, 2.45) is 0 Å². The van der Waals surface area contributed by atoms with Crippen LogP contribution in [0.1, 0.15) is 22.8 Å². The number of aromatic amines is 1. The van der Waals surface area contributed by atoms with E-state index >= 15 is 0 Å². The number of hydrogen-bond donors (Lipinski definition) is 2. The molecule has 2 aromatic heterocycles. The first-order valence-corrected chi connectivity index (χ1v) is 10.8. The van der Waals surface area contributed by atoms with Crippen molar-refractivity contribution in [1.29, 1.82) is 5.26 Å². The number of H-pyrrole nitrogens is 1. The fraction of sp³-hybridized carbons (Fsp3) is 0.125. The van der Waals surface area contributed by atoms with Gasteiger partial charge in [-0.05, 0) is 53.3 Å². The number of amides is 1. The number of fused-ring (bicyclic) bond motifs is 2.